The molecule has 0 saturated heterocycles. The Bertz CT molecular complexity index is 1020. The summed E-state index contributed by atoms with van der Waals surface area (Å²) in [5, 5.41) is 8.65. The molecule has 0 fully saturated rings. The number of halogens is 2. The summed E-state index contributed by atoms with van der Waals surface area (Å²) in [5.41, 5.74) is 2.79. The van der Waals surface area contributed by atoms with Gasteiger partial charge in [-0.25, -0.2) is 8.78 Å². The van der Waals surface area contributed by atoms with Crippen molar-refractivity contribution in [1.29, 1.82) is 0 Å². The highest BCUT2D eigenvalue weighted by atomic mass is 32.2. The van der Waals surface area contributed by atoms with E-state index in [2.05, 4.69) is 15.2 Å². The quantitative estimate of drug-likeness (QED) is 0.253. The fourth-order valence-electron chi connectivity index (χ4n) is 3.24. The van der Waals surface area contributed by atoms with Gasteiger partial charge in [-0.2, -0.15) is 0 Å². The monoisotopic (exact) mass is 423 g/mol. The number of thioether (sulfide) groups is 1. The van der Waals surface area contributed by atoms with Gasteiger partial charge in [-0.05, 0) is 60.4 Å². The summed E-state index contributed by atoms with van der Waals surface area (Å²) in [7, 11) is 0. The van der Waals surface area contributed by atoms with Gasteiger partial charge in [-0.1, -0.05) is 36.0 Å². The first-order chi connectivity index (χ1) is 14.7. The van der Waals surface area contributed by atoms with Gasteiger partial charge in [0, 0.05) is 24.1 Å². The summed E-state index contributed by atoms with van der Waals surface area (Å²) >= 11 is 1.49. The Morgan fingerprint density at radius 1 is 0.867 bits per heavy atom. The summed E-state index contributed by atoms with van der Waals surface area (Å²) in [6, 6.07) is 16.7. The van der Waals surface area contributed by atoms with Gasteiger partial charge in [-0.3, -0.25) is 4.98 Å². The largest absolute Gasteiger partial charge is 0.411 e. The fourth-order valence-corrected chi connectivity index (χ4v) is 3.96. The highest BCUT2D eigenvalue weighted by molar-refractivity contribution is 7.99. The molecular formula is C23H19F2N3OS. The Hall–Kier alpha value is -3.06. The first kappa shape index (κ1) is 20.2. The lowest BCUT2D eigenvalue weighted by atomic mass is 9.88. The predicted octanol–water partition coefficient (Wildman–Crippen LogP) is 6.11. The van der Waals surface area contributed by atoms with Crippen LogP contribution in [0.5, 0.6) is 0 Å². The van der Waals surface area contributed by atoms with Gasteiger partial charge in [0.1, 0.15) is 11.6 Å². The topological polar surface area (TPSA) is 51.8 Å². The number of aromatic nitrogens is 3. The minimum absolute atomic E-state index is 0.0560. The summed E-state index contributed by atoms with van der Waals surface area (Å²) < 4.78 is 32.4. The van der Waals surface area contributed by atoms with E-state index >= 15 is 0 Å². The Morgan fingerprint density at radius 3 is 2.13 bits per heavy atom. The smallest absolute Gasteiger partial charge is 0.276 e. The highest BCUT2D eigenvalue weighted by Gasteiger charge is 2.15. The van der Waals surface area contributed by atoms with Crippen molar-refractivity contribution in [3.05, 3.63) is 95.8 Å². The molecule has 152 valence electrons. The van der Waals surface area contributed by atoms with Gasteiger partial charge in [0.05, 0.1) is 5.56 Å². The van der Waals surface area contributed by atoms with Gasteiger partial charge in [0.2, 0.25) is 5.89 Å². The summed E-state index contributed by atoms with van der Waals surface area (Å²) in [6.45, 7) is 0. The molecule has 0 bridgehead atoms. The third-order valence-electron chi connectivity index (χ3n) is 4.72. The molecule has 0 spiro atoms. The highest BCUT2D eigenvalue weighted by Crippen LogP contribution is 2.31. The van der Waals surface area contributed by atoms with Crippen molar-refractivity contribution < 1.29 is 13.2 Å². The number of benzene rings is 2. The van der Waals surface area contributed by atoms with Gasteiger partial charge in [0.15, 0.2) is 0 Å². The molecule has 0 saturated carbocycles. The van der Waals surface area contributed by atoms with Crippen LogP contribution in [0.15, 0.2) is 82.7 Å². The Morgan fingerprint density at radius 2 is 1.53 bits per heavy atom. The molecule has 4 nitrogen and oxygen atoms in total. The van der Waals surface area contributed by atoms with E-state index in [1.807, 2.05) is 12.1 Å². The number of rotatable bonds is 8. The Labute approximate surface area is 177 Å². The van der Waals surface area contributed by atoms with E-state index in [0.717, 1.165) is 35.3 Å². The van der Waals surface area contributed by atoms with Crippen molar-refractivity contribution in [3.63, 3.8) is 0 Å². The molecule has 0 atom stereocenters. The van der Waals surface area contributed by atoms with Crippen LogP contribution in [0.4, 0.5) is 8.78 Å². The Kier molecular flexibility index (Phi) is 6.49. The van der Waals surface area contributed by atoms with Crippen LogP contribution in [0.25, 0.3) is 11.5 Å². The molecule has 0 aliphatic carbocycles. The normalized spacial score (nSPS) is 11.2. The molecule has 0 radical (unpaired) electrons. The molecule has 2 aromatic heterocycles. The minimum atomic E-state index is -0.270. The summed E-state index contributed by atoms with van der Waals surface area (Å²) in [5.74, 6) is 0.746. The van der Waals surface area contributed by atoms with E-state index in [1.54, 1.807) is 36.7 Å². The minimum Gasteiger partial charge on any atom is -0.411 e. The zero-order valence-electron chi connectivity index (χ0n) is 16.0. The lowest BCUT2D eigenvalue weighted by Crippen LogP contribution is -2.02. The summed E-state index contributed by atoms with van der Waals surface area (Å²) in [6.07, 6.45) is 5.06. The van der Waals surface area contributed by atoms with Crippen LogP contribution in [0, 0.1) is 11.6 Å². The van der Waals surface area contributed by atoms with Crippen LogP contribution < -0.4 is 0 Å². The lowest BCUT2D eigenvalue weighted by Gasteiger charge is -2.18. The van der Waals surface area contributed by atoms with Crippen LogP contribution in [-0.2, 0) is 0 Å². The van der Waals surface area contributed by atoms with Gasteiger partial charge < -0.3 is 4.42 Å². The molecule has 0 amide bonds. The second kappa shape index (κ2) is 9.63. The number of hydrogen-bond donors (Lipinski definition) is 0. The molecule has 4 aromatic rings. The molecule has 0 N–H and O–H groups in total. The van der Waals surface area contributed by atoms with Crippen molar-refractivity contribution in [3.8, 4) is 11.5 Å². The zero-order chi connectivity index (χ0) is 20.8. The number of hydrogen-bond acceptors (Lipinski definition) is 5. The molecule has 0 aliphatic heterocycles. The molecule has 0 aliphatic rings. The van der Waals surface area contributed by atoms with E-state index in [0.29, 0.717) is 11.1 Å². The van der Waals surface area contributed by atoms with Crippen LogP contribution >= 0.6 is 11.8 Å². The first-order valence-corrected chi connectivity index (χ1v) is 10.6. The van der Waals surface area contributed by atoms with Gasteiger partial charge in [0.25, 0.3) is 5.22 Å². The molecule has 4 rings (SSSR count). The lowest BCUT2D eigenvalue weighted by molar-refractivity contribution is 0.465. The fraction of sp³-hybridized carbons (Fsp3) is 0.174. The van der Waals surface area contributed by atoms with Gasteiger partial charge in [-0.15, -0.1) is 10.2 Å². The van der Waals surface area contributed by atoms with Crippen LogP contribution in [0.3, 0.4) is 0 Å². The molecule has 30 heavy (non-hydrogen) atoms. The third-order valence-corrected chi connectivity index (χ3v) is 5.63. The Balaban J connectivity index is 1.39. The second-order valence-electron chi connectivity index (χ2n) is 6.76. The average molecular weight is 423 g/mol. The van der Waals surface area contributed by atoms with Crippen LogP contribution in [0.1, 0.15) is 29.9 Å². The molecule has 7 heteroatoms. The number of pyridine rings is 1. The van der Waals surface area contributed by atoms with Crippen molar-refractivity contribution in [2.45, 2.75) is 24.0 Å². The SMILES string of the molecule is Fc1ccc(C(CCCSc2nnc(-c3cccnc3)o2)c2ccc(F)cc2)cc1. The van der Waals surface area contributed by atoms with E-state index in [1.165, 1.54) is 36.0 Å². The van der Waals surface area contributed by atoms with Gasteiger partial charge >= 0.3 is 0 Å². The van der Waals surface area contributed by atoms with E-state index < -0.39 is 0 Å². The maximum absolute atomic E-state index is 13.3. The van der Waals surface area contributed by atoms with Crippen molar-refractivity contribution in [2.75, 3.05) is 5.75 Å². The van der Waals surface area contributed by atoms with Crippen LogP contribution in [-0.4, -0.2) is 20.9 Å². The second-order valence-corrected chi connectivity index (χ2v) is 7.81. The molecule has 2 aromatic carbocycles. The van der Waals surface area contributed by atoms with E-state index in [9.17, 15) is 8.78 Å². The third kappa shape index (κ3) is 5.10. The van der Waals surface area contributed by atoms with Crippen molar-refractivity contribution >= 4 is 11.8 Å². The number of nitrogens with zero attached hydrogens (tertiary/aromatic N) is 3. The maximum Gasteiger partial charge on any atom is 0.276 e. The predicted molar refractivity (Wildman–Crippen MR) is 112 cm³/mol. The standard InChI is InChI=1S/C23H19F2N3OS/c24-19-9-5-16(6-10-19)21(17-7-11-20(25)12-8-17)4-2-14-30-23-28-27-22(29-23)18-3-1-13-26-15-18/h1,3,5-13,15,21H,2,4,14H2. The summed E-state index contributed by atoms with van der Waals surface area (Å²) in [4.78, 5) is 4.05. The van der Waals surface area contributed by atoms with Crippen LogP contribution in [0.2, 0.25) is 0 Å². The first-order valence-electron chi connectivity index (χ1n) is 9.56. The van der Waals surface area contributed by atoms with E-state index in [-0.39, 0.29) is 17.6 Å². The average Bonchev–Trinajstić information content (AvgIpc) is 3.25. The molecule has 0 unspecified atom stereocenters. The zero-order valence-corrected chi connectivity index (χ0v) is 16.9. The molecular weight excluding hydrogens is 404 g/mol. The van der Waals surface area contributed by atoms with Crippen molar-refractivity contribution in [1.82, 2.24) is 15.2 Å². The molecule has 2 heterocycles. The van der Waals surface area contributed by atoms with E-state index in [4.69, 9.17) is 4.42 Å². The van der Waals surface area contributed by atoms with Crippen molar-refractivity contribution in [2.24, 2.45) is 0 Å². The maximum atomic E-state index is 13.3.